The molecular weight excluding hydrogens is 394 g/mol. The SMILES string of the molecule is C/C(=N/NC(=O)COc1ccc(C)c(C)c1)c1ccc(OCC(=O)N2CCCC2)cc1. The first-order valence-corrected chi connectivity index (χ1v) is 10.5. The second-order valence-corrected chi connectivity index (χ2v) is 7.67. The fourth-order valence-corrected chi connectivity index (χ4v) is 3.19. The molecule has 0 atom stereocenters. The molecule has 7 heteroatoms. The monoisotopic (exact) mass is 423 g/mol. The van der Waals surface area contributed by atoms with Crippen LogP contribution >= 0.6 is 0 Å². The minimum atomic E-state index is -0.335. The number of hydrazone groups is 1. The lowest BCUT2D eigenvalue weighted by Gasteiger charge is -2.15. The third-order valence-electron chi connectivity index (χ3n) is 5.29. The quantitative estimate of drug-likeness (QED) is 0.522. The van der Waals surface area contributed by atoms with Crippen LogP contribution in [0.3, 0.4) is 0 Å². The van der Waals surface area contributed by atoms with Gasteiger partial charge in [0.25, 0.3) is 11.8 Å². The molecule has 0 aromatic heterocycles. The third-order valence-corrected chi connectivity index (χ3v) is 5.29. The normalized spacial score (nSPS) is 13.8. The van der Waals surface area contributed by atoms with E-state index in [1.807, 2.05) is 49.1 Å². The highest BCUT2D eigenvalue weighted by Crippen LogP contribution is 2.16. The highest BCUT2D eigenvalue weighted by atomic mass is 16.5. The zero-order valence-electron chi connectivity index (χ0n) is 18.3. The van der Waals surface area contributed by atoms with Gasteiger partial charge >= 0.3 is 0 Å². The Morgan fingerprint density at radius 3 is 2.26 bits per heavy atom. The van der Waals surface area contributed by atoms with Crippen LogP contribution in [0.5, 0.6) is 11.5 Å². The lowest BCUT2D eigenvalue weighted by atomic mass is 10.1. The average Bonchev–Trinajstić information content (AvgIpc) is 3.32. The molecule has 2 aromatic rings. The van der Waals surface area contributed by atoms with E-state index in [4.69, 9.17) is 9.47 Å². The van der Waals surface area contributed by atoms with Crippen molar-refractivity contribution in [1.82, 2.24) is 10.3 Å². The molecule has 3 rings (SSSR count). The van der Waals surface area contributed by atoms with E-state index in [1.54, 1.807) is 19.1 Å². The molecule has 1 fully saturated rings. The van der Waals surface area contributed by atoms with Gasteiger partial charge in [0.2, 0.25) is 0 Å². The predicted molar refractivity (Wildman–Crippen MR) is 120 cm³/mol. The summed E-state index contributed by atoms with van der Waals surface area (Å²) in [5, 5.41) is 4.13. The Bertz CT molecular complexity index is 948. The van der Waals surface area contributed by atoms with Crippen LogP contribution in [0.25, 0.3) is 0 Å². The summed E-state index contributed by atoms with van der Waals surface area (Å²) < 4.78 is 11.1. The van der Waals surface area contributed by atoms with E-state index in [2.05, 4.69) is 10.5 Å². The molecule has 1 saturated heterocycles. The summed E-state index contributed by atoms with van der Waals surface area (Å²) in [6, 6.07) is 13.0. The number of aryl methyl sites for hydroxylation is 2. The molecule has 2 amide bonds. The number of benzene rings is 2. The summed E-state index contributed by atoms with van der Waals surface area (Å²) in [6.45, 7) is 7.39. The first kappa shape index (κ1) is 22.3. The Kier molecular flexibility index (Phi) is 7.65. The van der Waals surface area contributed by atoms with Gasteiger partial charge in [-0.3, -0.25) is 9.59 Å². The smallest absolute Gasteiger partial charge is 0.277 e. The molecule has 7 nitrogen and oxygen atoms in total. The van der Waals surface area contributed by atoms with E-state index in [9.17, 15) is 9.59 Å². The summed E-state index contributed by atoms with van der Waals surface area (Å²) in [7, 11) is 0. The zero-order chi connectivity index (χ0) is 22.2. The molecule has 0 bridgehead atoms. The number of likely N-dealkylation sites (tertiary alicyclic amines) is 1. The van der Waals surface area contributed by atoms with E-state index >= 15 is 0 Å². The zero-order valence-corrected chi connectivity index (χ0v) is 18.3. The van der Waals surface area contributed by atoms with Crippen LogP contribution in [0.4, 0.5) is 0 Å². The van der Waals surface area contributed by atoms with Crippen LogP contribution in [0, 0.1) is 13.8 Å². The number of hydrogen-bond donors (Lipinski definition) is 1. The van der Waals surface area contributed by atoms with Gasteiger partial charge in [-0.05, 0) is 86.7 Å². The number of hydrogen-bond acceptors (Lipinski definition) is 5. The Labute approximate surface area is 183 Å². The lowest BCUT2D eigenvalue weighted by Crippen LogP contribution is -2.32. The Morgan fingerprint density at radius 2 is 1.58 bits per heavy atom. The Balaban J connectivity index is 1.45. The van der Waals surface area contributed by atoms with E-state index in [1.165, 1.54) is 5.56 Å². The third kappa shape index (κ3) is 6.57. The molecule has 1 N–H and O–H groups in total. The largest absolute Gasteiger partial charge is 0.484 e. The number of carbonyl (C=O) groups excluding carboxylic acids is 2. The van der Waals surface area contributed by atoms with E-state index in [-0.39, 0.29) is 25.0 Å². The Morgan fingerprint density at radius 1 is 0.935 bits per heavy atom. The van der Waals surface area contributed by atoms with Crippen molar-refractivity contribution in [3.63, 3.8) is 0 Å². The van der Waals surface area contributed by atoms with Crippen LogP contribution in [0.1, 0.15) is 36.5 Å². The maximum Gasteiger partial charge on any atom is 0.277 e. The molecule has 1 heterocycles. The fourth-order valence-electron chi connectivity index (χ4n) is 3.19. The van der Waals surface area contributed by atoms with Gasteiger partial charge in [0.1, 0.15) is 11.5 Å². The molecule has 1 aliphatic heterocycles. The molecule has 0 unspecified atom stereocenters. The molecule has 31 heavy (non-hydrogen) atoms. The predicted octanol–water partition coefficient (Wildman–Crippen LogP) is 3.22. The maximum atomic E-state index is 12.0. The van der Waals surface area contributed by atoms with Crippen LogP contribution in [0.2, 0.25) is 0 Å². The molecule has 2 aromatic carbocycles. The minimum absolute atomic E-state index is 0.0186. The van der Waals surface area contributed by atoms with E-state index < -0.39 is 0 Å². The number of ether oxygens (including phenoxy) is 2. The van der Waals surface area contributed by atoms with Crippen molar-refractivity contribution in [3.8, 4) is 11.5 Å². The van der Waals surface area contributed by atoms with E-state index in [0.717, 1.165) is 37.1 Å². The van der Waals surface area contributed by atoms with Crippen LogP contribution in [-0.2, 0) is 9.59 Å². The molecular formula is C24H29N3O4. The average molecular weight is 424 g/mol. The van der Waals surface area contributed by atoms with E-state index in [0.29, 0.717) is 17.2 Å². The summed E-state index contributed by atoms with van der Waals surface area (Å²) in [5.74, 6) is 0.954. The van der Waals surface area contributed by atoms with Crippen LogP contribution in [0.15, 0.2) is 47.6 Å². The first-order valence-electron chi connectivity index (χ1n) is 10.5. The summed E-state index contributed by atoms with van der Waals surface area (Å²) in [6.07, 6.45) is 2.13. The molecule has 0 aliphatic carbocycles. The van der Waals surface area contributed by atoms with Gasteiger partial charge < -0.3 is 14.4 Å². The van der Waals surface area contributed by atoms with Gasteiger partial charge in [0, 0.05) is 13.1 Å². The highest BCUT2D eigenvalue weighted by molar-refractivity contribution is 5.99. The van der Waals surface area contributed by atoms with Crippen molar-refractivity contribution in [1.29, 1.82) is 0 Å². The standard InChI is InChI=1S/C24H29N3O4/c1-17-6-9-22(14-18(17)2)30-15-23(28)26-25-19(3)20-7-10-21(11-8-20)31-16-24(29)27-12-4-5-13-27/h6-11,14H,4-5,12-13,15-16H2,1-3H3,(H,26,28)/b25-19-. The molecule has 1 aliphatic rings. The second kappa shape index (κ2) is 10.6. The lowest BCUT2D eigenvalue weighted by molar-refractivity contribution is -0.132. The minimum Gasteiger partial charge on any atom is -0.484 e. The van der Waals surface area contributed by atoms with Gasteiger partial charge in [-0.15, -0.1) is 0 Å². The van der Waals surface area contributed by atoms with Crippen molar-refractivity contribution in [2.45, 2.75) is 33.6 Å². The number of amides is 2. The van der Waals surface area contributed by atoms with Crippen molar-refractivity contribution in [3.05, 3.63) is 59.2 Å². The number of rotatable bonds is 8. The van der Waals surface area contributed by atoms with Gasteiger partial charge in [0.15, 0.2) is 13.2 Å². The molecule has 0 saturated carbocycles. The number of carbonyl (C=O) groups is 2. The molecule has 0 spiro atoms. The van der Waals surface area contributed by atoms with Gasteiger partial charge in [-0.2, -0.15) is 5.10 Å². The van der Waals surface area contributed by atoms with Gasteiger partial charge in [-0.25, -0.2) is 5.43 Å². The first-order chi connectivity index (χ1) is 14.9. The molecule has 0 radical (unpaired) electrons. The van der Waals surface area contributed by atoms with Crippen molar-refractivity contribution >= 4 is 17.5 Å². The highest BCUT2D eigenvalue weighted by Gasteiger charge is 2.18. The van der Waals surface area contributed by atoms with Gasteiger partial charge in [0.05, 0.1) is 5.71 Å². The van der Waals surface area contributed by atoms with Crippen molar-refractivity contribution < 1.29 is 19.1 Å². The Hall–Kier alpha value is -3.35. The number of nitrogens with one attached hydrogen (secondary N) is 1. The van der Waals surface area contributed by atoms with Gasteiger partial charge in [-0.1, -0.05) is 6.07 Å². The summed E-state index contributed by atoms with van der Waals surface area (Å²) in [5.41, 5.74) is 6.28. The maximum absolute atomic E-state index is 12.0. The summed E-state index contributed by atoms with van der Waals surface area (Å²) in [4.78, 5) is 25.9. The number of nitrogens with zero attached hydrogens (tertiary/aromatic N) is 2. The second-order valence-electron chi connectivity index (χ2n) is 7.67. The van der Waals surface area contributed by atoms with Crippen molar-refractivity contribution in [2.75, 3.05) is 26.3 Å². The van der Waals surface area contributed by atoms with Crippen LogP contribution < -0.4 is 14.9 Å². The summed E-state index contributed by atoms with van der Waals surface area (Å²) >= 11 is 0. The fraction of sp³-hybridized carbons (Fsp3) is 0.375. The molecule has 164 valence electrons. The topological polar surface area (TPSA) is 80.2 Å². The van der Waals surface area contributed by atoms with Crippen molar-refractivity contribution in [2.24, 2.45) is 5.10 Å². The van der Waals surface area contributed by atoms with Crippen LogP contribution in [-0.4, -0.2) is 48.7 Å².